The number of thioether (sulfide) groups is 1. The number of anilines is 1. The summed E-state index contributed by atoms with van der Waals surface area (Å²) in [5.74, 6) is 2.01. The number of hydrogen-bond acceptors (Lipinski definition) is 5. The number of nitrogens with one attached hydrogen (secondary N) is 2. The van der Waals surface area contributed by atoms with Gasteiger partial charge in [0.1, 0.15) is 0 Å². The normalized spacial score (nSPS) is 11.4. The highest BCUT2D eigenvalue weighted by Crippen LogP contribution is 2.16. The van der Waals surface area contributed by atoms with Crippen LogP contribution in [0.5, 0.6) is 0 Å². The second-order valence-electron chi connectivity index (χ2n) is 3.55. The van der Waals surface area contributed by atoms with Crippen molar-refractivity contribution in [3.8, 4) is 0 Å². The topological polar surface area (TPSA) is 71.1 Å². The number of rotatable bonds is 8. The minimum absolute atomic E-state index is 0.0515. The van der Waals surface area contributed by atoms with E-state index < -0.39 is 10.0 Å². The van der Waals surface area contributed by atoms with E-state index in [0.717, 1.165) is 17.9 Å². The molecule has 1 aromatic rings. The third-order valence-corrected chi connectivity index (χ3v) is 4.66. The molecule has 0 atom stereocenters. The van der Waals surface area contributed by atoms with Gasteiger partial charge in [0.05, 0.1) is 5.69 Å². The molecule has 0 amide bonds. The van der Waals surface area contributed by atoms with Crippen molar-refractivity contribution in [1.82, 2.24) is 9.71 Å². The monoisotopic (exact) mass is 289 g/mol. The van der Waals surface area contributed by atoms with Crippen molar-refractivity contribution in [2.24, 2.45) is 0 Å². The Labute approximate surface area is 113 Å². The summed E-state index contributed by atoms with van der Waals surface area (Å²) in [5.41, 5.74) is 0.507. The highest BCUT2D eigenvalue weighted by Gasteiger charge is 2.18. The average molecular weight is 289 g/mol. The molecule has 5 nitrogen and oxygen atoms in total. The molecular weight excluding hydrogens is 270 g/mol. The molecular formula is C11H19N3O2S2. The highest BCUT2D eigenvalue weighted by molar-refractivity contribution is 7.99. The number of pyridine rings is 1. The molecule has 1 rings (SSSR count). The van der Waals surface area contributed by atoms with Gasteiger partial charge in [0.25, 0.3) is 10.0 Å². The molecule has 0 aliphatic rings. The first-order valence-electron chi connectivity index (χ1n) is 5.82. The van der Waals surface area contributed by atoms with Crippen LogP contribution in [0.4, 0.5) is 5.69 Å². The first kappa shape index (κ1) is 15.3. The van der Waals surface area contributed by atoms with Crippen LogP contribution in [0.3, 0.4) is 0 Å². The van der Waals surface area contributed by atoms with E-state index in [9.17, 15) is 8.42 Å². The third-order valence-electron chi connectivity index (χ3n) is 2.26. The molecule has 1 heterocycles. The van der Waals surface area contributed by atoms with Gasteiger partial charge in [-0.2, -0.15) is 11.8 Å². The van der Waals surface area contributed by atoms with Gasteiger partial charge in [-0.15, -0.1) is 0 Å². The van der Waals surface area contributed by atoms with Crippen LogP contribution in [0.15, 0.2) is 23.4 Å². The SMILES string of the molecule is CCSCCCNS(=O)(=O)c1ncccc1NC. The fourth-order valence-electron chi connectivity index (χ4n) is 1.39. The molecule has 0 bridgehead atoms. The standard InChI is InChI=1S/C11H19N3O2S2/c1-3-17-9-5-8-14-18(15,16)11-10(12-2)6-4-7-13-11/h4,6-7,12,14H,3,5,8-9H2,1-2H3. The number of sulfonamides is 1. The molecule has 102 valence electrons. The van der Waals surface area contributed by atoms with Crippen LogP contribution in [0.25, 0.3) is 0 Å². The summed E-state index contributed by atoms with van der Waals surface area (Å²) in [7, 11) is -1.85. The first-order chi connectivity index (χ1) is 8.61. The van der Waals surface area contributed by atoms with Crippen molar-refractivity contribution in [2.75, 3.05) is 30.4 Å². The average Bonchev–Trinajstić information content (AvgIpc) is 2.38. The van der Waals surface area contributed by atoms with E-state index in [1.807, 2.05) is 0 Å². The van der Waals surface area contributed by atoms with E-state index in [-0.39, 0.29) is 5.03 Å². The van der Waals surface area contributed by atoms with Crippen LogP contribution in [0.1, 0.15) is 13.3 Å². The predicted octanol–water partition coefficient (Wildman–Crippen LogP) is 1.54. The van der Waals surface area contributed by atoms with Gasteiger partial charge in [-0.05, 0) is 30.1 Å². The summed E-state index contributed by atoms with van der Waals surface area (Å²) < 4.78 is 26.6. The Balaban J connectivity index is 2.63. The Kier molecular flexibility index (Phi) is 6.45. The number of nitrogens with zero attached hydrogens (tertiary/aromatic N) is 1. The molecule has 18 heavy (non-hydrogen) atoms. The second-order valence-corrected chi connectivity index (χ2v) is 6.63. The largest absolute Gasteiger partial charge is 0.386 e. The van der Waals surface area contributed by atoms with Crippen LogP contribution >= 0.6 is 11.8 Å². The van der Waals surface area contributed by atoms with Gasteiger partial charge in [-0.25, -0.2) is 18.1 Å². The summed E-state index contributed by atoms with van der Waals surface area (Å²) in [6.07, 6.45) is 2.29. The molecule has 0 radical (unpaired) electrons. The summed E-state index contributed by atoms with van der Waals surface area (Å²) >= 11 is 1.80. The Morgan fingerprint density at radius 3 is 2.89 bits per heavy atom. The molecule has 0 fully saturated rings. The highest BCUT2D eigenvalue weighted by atomic mass is 32.2. The fraction of sp³-hybridized carbons (Fsp3) is 0.545. The van der Waals surface area contributed by atoms with Crippen molar-refractivity contribution in [2.45, 2.75) is 18.4 Å². The molecule has 0 unspecified atom stereocenters. The first-order valence-corrected chi connectivity index (χ1v) is 8.45. The minimum Gasteiger partial charge on any atom is -0.386 e. The Morgan fingerprint density at radius 2 is 2.22 bits per heavy atom. The summed E-state index contributed by atoms with van der Waals surface area (Å²) in [5, 5.41) is 2.88. The smallest absolute Gasteiger partial charge is 0.260 e. The molecule has 7 heteroatoms. The maximum atomic E-state index is 12.0. The van der Waals surface area contributed by atoms with E-state index >= 15 is 0 Å². The number of hydrogen-bond donors (Lipinski definition) is 2. The van der Waals surface area contributed by atoms with Crippen molar-refractivity contribution in [3.05, 3.63) is 18.3 Å². The Morgan fingerprint density at radius 1 is 1.44 bits per heavy atom. The third kappa shape index (κ3) is 4.47. The fourth-order valence-corrected chi connectivity index (χ4v) is 3.23. The van der Waals surface area contributed by atoms with Gasteiger partial charge < -0.3 is 5.32 Å². The van der Waals surface area contributed by atoms with Crippen LogP contribution in [-0.4, -0.2) is 38.5 Å². The van der Waals surface area contributed by atoms with E-state index in [2.05, 4.69) is 21.9 Å². The zero-order valence-corrected chi connectivity index (χ0v) is 12.3. The zero-order valence-electron chi connectivity index (χ0n) is 10.6. The lowest BCUT2D eigenvalue weighted by atomic mass is 10.4. The van der Waals surface area contributed by atoms with Crippen LogP contribution in [0.2, 0.25) is 0 Å². The van der Waals surface area contributed by atoms with Gasteiger partial charge in [-0.3, -0.25) is 0 Å². The molecule has 0 aliphatic carbocycles. The van der Waals surface area contributed by atoms with Gasteiger partial charge in [0.2, 0.25) is 0 Å². The van der Waals surface area contributed by atoms with Gasteiger partial charge in [-0.1, -0.05) is 6.92 Å². The van der Waals surface area contributed by atoms with Crippen LogP contribution in [0, 0.1) is 0 Å². The van der Waals surface area contributed by atoms with E-state index in [1.165, 1.54) is 6.20 Å². The van der Waals surface area contributed by atoms with E-state index in [1.54, 1.807) is 30.9 Å². The van der Waals surface area contributed by atoms with Gasteiger partial charge in [0.15, 0.2) is 5.03 Å². The molecule has 2 N–H and O–H groups in total. The maximum Gasteiger partial charge on any atom is 0.260 e. The van der Waals surface area contributed by atoms with Gasteiger partial charge in [0, 0.05) is 19.8 Å². The molecule has 0 saturated heterocycles. The second kappa shape index (κ2) is 7.60. The van der Waals surface area contributed by atoms with E-state index in [4.69, 9.17) is 0 Å². The molecule has 0 aliphatic heterocycles. The molecule has 0 aromatic carbocycles. The zero-order chi connectivity index (χ0) is 13.4. The van der Waals surface area contributed by atoms with Crippen molar-refractivity contribution >= 4 is 27.5 Å². The van der Waals surface area contributed by atoms with Crippen molar-refractivity contribution in [3.63, 3.8) is 0 Å². The van der Waals surface area contributed by atoms with Crippen LogP contribution in [-0.2, 0) is 10.0 Å². The summed E-state index contributed by atoms with van der Waals surface area (Å²) in [4.78, 5) is 3.92. The summed E-state index contributed by atoms with van der Waals surface area (Å²) in [6, 6.07) is 3.39. The Hall–Kier alpha value is -0.790. The lowest BCUT2D eigenvalue weighted by Gasteiger charge is -2.09. The molecule has 0 saturated carbocycles. The number of aromatic nitrogens is 1. The lowest BCUT2D eigenvalue weighted by molar-refractivity contribution is 0.577. The van der Waals surface area contributed by atoms with Crippen molar-refractivity contribution in [1.29, 1.82) is 0 Å². The van der Waals surface area contributed by atoms with Crippen LogP contribution < -0.4 is 10.0 Å². The molecule has 1 aromatic heterocycles. The van der Waals surface area contributed by atoms with Gasteiger partial charge >= 0.3 is 0 Å². The quantitative estimate of drug-likeness (QED) is 0.710. The van der Waals surface area contributed by atoms with Crippen molar-refractivity contribution < 1.29 is 8.42 Å². The minimum atomic E-state index is -3.52. The van der Waals surface area contributed by atoms with E-state index in [0.29, 0.717) is 12.2 Å². The summed E-state index contributed by atoms with van der Waals surface area (Å²) in [6.45, 7) is 2.52. The predicted molar refractivity (Wildman–Crippen MR) is 76.6 cm³/mol. The maximum absolute atomic E-state index is 12.0. The Bertz CT molecular complexity index is 463. The lowest BCUT2D eigenvalue weighted by Crippen LogP contribution is -2.26. The molecule has 0 spiro atoms.